The van der Waals surface area contributed by atoms with Gasteiger partial charge in [0.2, 0.25) is 5.91 Å². The van der Waals surface area contributed by atoms with Crippen molar-refractivity contribution >= 4 is 28.4 Å². The van der Waals surface area contributed by atoms with E-state index in [-0.39, 0.29) is 24.2 Å². The van der Waals surface area contributed by atoms with E-state index in [0.29, 0.717) is 5.02 Å². The van der Waals surface area contributed by atoms with Crippen LogP contribution in [-0.2, 0) is 4.79 Å². The molecule has 0 aliphatic rings. The fourth-order valence-electron chi connectivity index (χ4n) is 4.01. The van der Waals surface area contributed by atoms with Crippen molar-refractivity contribution < 1.29 is 14.3 Å². The lowest BCUT2D eigenvalue weighted by Crippen LogP contribution is -2.46. The van der Waals surface area contributed by atoms with Crippen LogP contribution in [0.2, 0.25) is 5.02 Å². The summed E-state index contributed by atoms with van der Waals surface area (Å²) in [4.78, 5) is 12.8. The van der Waals surface area contributed by atoms with Crippen molar-refractivity contribution in [3.63, 3.8) is 0 Å². The highest BCUT2D eigenvalue weighted by atomic mass is 35.5. The molecule has 34 heavy (non-hydrogen) atoms. The second-order valence-corrected chi connectivity index (χ2v) is 9.77. The Morgan fingerprint density at radius 3 is 2.47 bits per heavy atom. The summed E-state index contributed by atoms with van der Waals surface area (Å²) in [5, 5.41) is 19.2. The number of amides is 1. The van der Waals surface area contributed by atoms with Crippen molar-refractivity contribution in [2.75, 3.05) is 6.61 Å². The molecular formula is C27H27ClFN3O2. The van der Waals surface area contributed by atoms with Gasteiger partial charge in [-0.2, -0.15) is 5.10 Å². The zero-order chi connectivity index (χ0) is 24.5. The lowest BCUT2D eigenvalue weighted by molar-refractivity contribution is -0.129. The van der Waals surface area contributed by atoms with Crippen LogP contribution in [0.5, 0.6) is 0 Å². The fourth-order valence-corrected chi connectivity index (χ4v) is 4.26. The van der Waals surface area contributed by atoms with Crippen molar-refractivity contribution in [2.24, 2.45) is 5.41 Å². The number of aliphatic hydroxyl groups excluding tert-OH is 1. The molecule has 176 valence electrons. The van der Waals surface area contributed by atoms with Crippen LogP contribution in [0.15, 0.2) is 72.9 Å². The Morgan fingerprint density at radius 2 is 1.82 bits per heavy atom. The Hall–Kier alpha value is -3.22. The number of benzene rings is 3. The summed E-state index contributed by atoms with van der Waals surface area (Å²) in [6.45, 7) is 5.23. The van der Waals surface area contributed by atoms with E-state index in [1.165, 1.54) is 12.1 Å². The predicted octanol–water partition coefficient (Wildman–Crippen LogP) is 5.47. The van der Waals surface area contributed by atoms with Gasteiger partial charge < -0.3 is 10.4 Å². The first kappa shape index (κ1) is 23.9. The van der Waals surface area contributed by atoms with Gasteiger partial charge >= 0.3 is 0 Å². The van der Waals surface area contributed by atoms with Gasteiger partial charge in [-0.05, 0) is 53.6 Å². The molecule has 1 heterocycles. The number of carbonyl (C=O) groups excluding carboxylic acids is 1. The number of fused-ring (bicyclic) bond motifs is 1. The molecule has 3 aromatic carbocycles. The van der Waals surface area contributed by atoms with Gasteiger partial charge in [0.1, 0.15) is 5.82 Å². The largest absolute Gasteiger partial charge is 0.394 e. The smallest absolute Gasteiger partial charge is 0.225 e. The van der Waals surface area contributed by atoms with Crippen LogP contribution in [-0.4, -0.2) is 33.4 Å². The summed E-state index contributed by atoms with van der Waals surface area (Å²) >= 11 is 6.57. The summed E-state index contributed by atoms with van der Waals surface area (Å²) in [5.74, 6) is -0.852. The molecule has 7 heteroatoms. The molecule has 4 rings (SSSR count). The Bertz CT molecular complexity index is 1310. The fraction of sp³-hybridized carbons (Fsp3) is 0.259. The summed E-state index contributed by atoms with van der Waals surface area (Å²) in [6.07, 6.45) is 1.74. The quantitative estimate of drug-likeness (QED) is 0.385. The predicted molar refractivity (Wildman–Crippen MR) is 133 cm³/mol. The average Bonchev–Trinajstić information content (AvgIpc) is 3.23. The maximum absolute atomic E-state index is 13.4. The SMILES string of the molecule is CC(C)(C)C(=O)N[C@H](CO)[C@H](c1ccc2c(cnn2-c2ccc(F)cc2)c1)c1ccccc1Cl. The molecule has 0 bridgehead atoms. The number of hydrogen-bond donors (Lipinski definition) is 2. The van der Waals surface area contributed by atoms with Gasteiger partial charge in [-0.15, -0.1) is 0 Å². The molecule has 0 aliphatic heterocycles. The Balaban J connectivity index is 1.79. The van der Waals surface area contributed by atoms with Crippen LogP contribution in [0, 0.1) is 11.2 Å². The third-order valence-electron chi connectivity index (χ3n) is 5.86. The minimum atomic E-state index is -0.612. The van der Waals surface area contributed by atoms with Crippen LogP contribution in [0.3, 0.4) is 0 Å². The van der Waals surface area contributed by atoms with E-state index in [9.17, 15) is 14.3 Å². The molecule has 0 aliphatic carbocycles. The van der Waals surface area contributed by atoms with Gasteiger partial charge in [0.05, 0.1) is 30.0 Å². The standard InChI is InChI=1S/C27H27ClFN3O2/c1-27(2,3)26(34)31-23(16-33)25(21-6-4-5-7-22(21)28)17-8-13-24-18(14-17)15-30-32(24)20-11-9-19(29)10-12-20/h4-15,23,25,33H,16H2,1-3H3,(H,31,34)/t23-,25-/m1/s1. The highest BCUT2D eigenvalue weighted by Gasteiger charge is 2.31. The van der Waals surface area contributed by atoms with E-state index in [0.717, 1.165) is 27.7 Å². The molecule has 0 spiro atoms. The van der Waals surface area contributed by atoms with E-state index < -0.39 is 11.5 Å². The zero-order valence-corrected chi connectivity index (χ0v) is 20.1. The minimum Gasteiger partial charge on any atom is -0.394 e. The van der Waals surface area contributed by atoms with Crippen molar-refractivity contribution in [3.05, 3.63) is 94.9 Å². The van der Waals surface area contributed by atoms with Crippen LogP contribution >= 0.6 is 11.6 Å². The highest BCUT2D eigenvalue weighted by molar-refractivity contribution is 6.31. The van der Waals surface area contributed by atoms with Crippen LogP contribution in [0.25, 0.3) is 16.6 Å². The van der Waals surface area contributed by atoms with Gasteiger partial charge in [-0.3, -0.25) is 4.79 Å². The zero-order valence-electron chi connectivity index (χ0n) is 19.3. The molecular weight excluding hydrogens is 453 g/mol. The molecule has 4 aromatic rings. The first-order chi connectivity index (χ1) is 16.2. The average molecular weight is 480 g/mol. The van der Waals surface area contributed by atoms with E-state index >= 15 is 0 Å². The molecule has 0 radical (unpaired) electrons. The molecule has 0 unspecified atom stereocenters. The first-order valence-electron chi connectivity index (χ1n) is 11.1. The minimum absolute atomic E-state index is 0.159. The number of nitrogens with zero attached hydrogens (tertiary/aromatic N) is 2. The Morgan fingerprint density at radius 1 is 1.12 bits per heavy atom. The van der Waals surface area contributed by atoms with Gasteiger partial charge in [0, 0.05) is 21.7 Å². The monoisotopic (exact) mass is 479 g/mol. The second-order valence-electron chi connectivity index (χ2n) is 9.36. The second kappa shape index (κ2) is 9.57. The van der Waals surface area contributed by atoms with Gasteiger partial charge in [-0.1, -0.05) is 56.6 Å². The normalized spacial score (nSPS) is 13.6. The van der Waals surface area contributed by atoms with Gasteiger partial charge in [0.25, 0.3) is 0 Å². The third-order valence-corrected chi connectivity index (χ3v) is 6.20. The Labute approximate surface area is 203 Å². The number of carbonyl (C=O) groups is 1. The van der Waals surface area contributed by atoms with Crippen molar-refractivity contribution in [1.82, 2.24) is 15.1 Å². The lowest BCUT2D eigenvalue weighted by Gasteiger charge is -2.31. The summed E-state index contributed by atoms with van der Waals surface area (Å²) in [7, 11) is 0. The van der Waals surface area contributed by atoms with Crippen molar-refractivity contribution in [3.8, 4) is 5.69 Å². The van der Waals surface area contributed by atoms with Crippen LogP contribution in [0.1, 0.15) is 37.8 Å². The highest BCUT2D eigenvalue weighted by Crippen LogP contribution is 2.35. The van der Waals surface area contributed by atoms with E-state index in [1.807, 2.05) is 57.2 Å². The molecule has 2 N–H and O–H groups in total. The van der Waals surface area contributed by atoms with Crippen molar-refractivity contribution in [1.29, 1.82) is 0 Å². The van der Waals surface area contributed by atoms with Crippen molar-refractivity contribution in [2.45, 2.75) is 32.7 Å². The number of nitrogens with one attached hydrogen (secondary N) is 1. The van der Waals surface area contributed by atoms with E-state index in [1.54, 1.807) is 29.1 Å². The molecule has 0 saturated carbocycles. The number of aromatic nitrogens is 2. The number of hydrogen-bond acceptors (Lipinski definition) is 3. The lowest BCUT2D eigenvalue weighted by atomic mass is 9.84. The summed E-state index contributed by atoms with van der Waals surface area (Å²) < 4.78 is 15.1. The van der Waals surface area contributed by atoms with Crippen LogP contribution in [0.4, 0.5) is 4.39 Å². The third kappa shape index (κ3) is 4.83. The molecule has 0 fully saturated rings. The van der Waals surface area contributed by atoms with Crippen LogP contribution < -0.4 is 5.32 Å². The summed E-state index contributed by atoms with van der Waals surface area (Å²) in [6, 6.07) is 18.9. The first-order valence-corrected chi connectivity index (χ1v) is 11.5. The summed E-state index contributed by atoms with van der Waals surface area (Å²) in [5.41, 5.74) is 2.68. The van der Waals surface area contributed by atoms with Gasteiger partial charge in [-0.25, -0.2) is 9.07 Å². The molecule has 1 aromatic heterocycles. The van der Waals surface area contributed by atoms with Gasteiger partial charge in [0.15, 0.2) is 0 Å². The number of halogens is 2. The molecule has 0 saturated heterocycles. The Kier molecular flexibility index (Phi) is 6.73. The maximum atomic E-state index is 13.4. The topological polar surface area (TPSA) is 67.2 Å². The molecule has 2 atom stereocenters. The maximum Gasteiger partial charge on any atom is 0.225 e. The molecule has 5 nitrogen and oxygen atoms in total. The number of rotatable bonds is 6. The number of aliphatic hydroxyl groups is 1. The van der Waals surface area contributed by atoms with E-state index in [2.05, 4.69) is 10.4 Å². The van der Waals surface area contributed by atoms with E-state index in [4.69, 9.17) is 11.6 Å². The molecule has 1 amide bonds.